The molecule has 2 aliphatic heterocycles. The Bertz CT molecular complexity index is 295. The lowest BCUT2D eigenvalue weighted by Crippen LogP contribution is -2.60. The van der Waals surface area contributed by atoms with Gasteiger partial charge < -0.3 is 14.4 Å². The number of alkyl halides is 1. The Hall–Kier alpha value is -0.680. The number of ether oxygens (including phenoxy) is 2. The molecular weight excluding hydrogens is 225 g/mol. The lowest BCUT2D eigenvalue weighted by Gasteiger charge is -2.45. The molecule has 4 nitrogen and oxygen atoms in total. The van der Waals surface area contributed by atoms with E-state index < -0.39 is 6.67 Å². The normalized spacial score (nSPS) is 31.4. The molecule has 2 fully saturated rings. The van der Waals surface area contributed by atoms with Crippen LogP contribution in [0.15, 0.2) is 0 Å². The van der Waals surface area contributed by atoms with E-state index >= 15 is 0 Å². The number of amides is 1. The van der Waals surface area contributed by atoms with Crippen LogP contribution in [0.4, 0.5) is 4.39 Å². The number of morpholine rings is 1. The summed E-state index contributed by atoms with van der Waals surface area (Å²) in [5.41, 5.74) is -0.347. The van der Waals surface area contributed by atoms with E-state index in [1.807, 2.05) is 18.7 Å². The summed E-state index contributed by atoms with van der Waals surface area (Å²) in [7, 11) is 0. The van der Waals surface area contributed by atoms with E-state index in [1.165, 1.54) is 0 Å². The second kappa shape index (κ2) is 4.90. The maximum atomic E-state index is 12.1. The first-order valence-electron chi connectivity index (χ1n) is 6.14. The predicted molar refractivity (Wildman–Crippen MR) is 60.5 cm³/mol. The minimum absolute atomic E-state index is 0.00939. The van der Waals surface area contributed by atoms with Gasteiger partial charge in [-0.3, -0.25) is 9.18 Å². The summed E-state index contributed by atoms with van der Waals surface area (Å²) in [5, 5.41) is 0. The van der Waals surface area contributed by atoms with Crippen LogP contribution in [-0.2, 0) is 14.3 Å². The van der Waals surface area contributed by atoms with Crippen LogP contribution in [0.2, 0.25) is 0 Å². The predicted octanol–water partition coefficient (Wildman–Crippen LogP) is 1.14. The van der Waals surface area contributed by atoms with E-state index in [0.717, 1.165) is 0 Å². The first-order valence-corrected chi connectivity index (χ1v) is 6.14. The van der Waals surface area contributed by atoms with Gasteiger partial charge in [0, 0.05) is 13.0 Å². The number of hydrogen-bond donors (Lipinski definition) is 0. The number of rotatable bonds is 3. The van der Waals surface area contributed by atoms with Crippen LogP contribution < -0.4 is 0 Å². The van der Waals surface area contributed by atoms with Gasteiger partial charge in [-0.25, -0.2) is 0 Å². The zero-order valence-corrected chi connectivity index (χ0v) is 10.4. The first kappa shape index (κ1) is 12.8. The molecule has 0 spiro atoms. The summed E-state index contributed by atoms with van der Waals surface area (Å²) in [5.74, 6) is 0.0134. The summed E-state index contributed by atoms with van der Waals surface area (Å²) >= 11 is 0. The number of nitrogens with zero attached hydrogens (tertiary/aromatic N) is 1. The van der Waals surface area contributed by atoms with Gasteiger partial charge in [0.2, 0.25) is 5.91 Å². The highest BCUT2D eigenvalue weighted by Gasteiger charge is 2.45. The Morgan fingerprint density at radius 2 is 2.24 bits per heavy atom. The molecule has 2 atom stereocenters. The number of halogens is 1. The average Bonchev–Trinajstić information content (AvgIpc) is 2.70. The summed E-state index contributed by atoms with van der Waals surface area (Å²) in [4.78, 5) is 13.9. The summed E-state index contributed by atoms with van der Waals surface area (Å²) < 4.78 is 23.4. The van der Waals surface area contributed by atoms with E-state index in [-0.39, 0.29) is 30.1 Å². The van der Waals surface area contributed by atoms with Crippen LogP contribution in [0.3, 0.4) is 0 Å². The fourth-order valence-corrected chi connectivity index (χ4v) is 2.54. The Morgan fingerprint density at radius 3 is 2.94 bits per heavy atom. The van der Waals surface area contributed by atoms with Gasteiger partial charge in [-0.05, 0) is 20.3 Å². The Morgan fingerprint density at radius 1 is 1.47 bits per heavy atom. The highest BCUT2D eigenvalue weighted by molar-refractivity contribution is 5.77. The number of carbonyl (C=O) groups excluding carboxylic acids is 1. The van der Waals surface area contributed by atoms with Gasteiger partial charge in [-0.1, -0.05) is 0 Å². The minimum atomic E-state index is -0.440. The van der Waals surface area contributed by atoms with Gasteiger partial charge in [0.15, 0.2) is 0 Å². The molecule has 2 saturated heterocycles. The van der Waals surface area contributed by atoms with Crippen LogP contribution >= 0.6 is 0 Å². The first-order chi connectivity index (χ1) is 8.03. The fraction of sp³-hybridized carbons (Fsp3) is 0.917. The van der Waals surface area contributed by atoms with Crippen molar-refractivity contribution in [2.75, 3.05) is 26.4 Å². The molecule has 98 valence electrons. The lowest BCUT2D eigenvalue weighted by atomic mass is 10.0. The van der Waals surface area contributed by atoms with Gasteiger partial charge >= 0.3 is 0 Å². The Balaban J connectivity index is 2.05. The molecule has 17 heavy (non-hydrogen) atoms. The quantitative estimate of drug-likeness (QED) is 0.748. The van der Waals surface area contributed by atoms with Crippen molar-refractivity contribution in [1.82, 2.24) is 4.90 Å². The van der Waals surface area contributed by atoms with E-state index in [2.05, 4.69) is 0 Å². The van der Waals surface area contributed by atoms with E-state index in [1.54, 1.807) is 0 Å². The molecule has 0 saturated carbocycles. The van der Waals surface area contributed by atoms with Crippen molar-refractivity contribution in [3.8, 4) is 0 Å². The maximum Gasteiger partial charge on any atom is 0.223 e. The number of hydrogen-bond acceptors (Lipinski definition) is 3. The van der Waals surface area contributed by atoms with Crippen molar-refractivity contribution in [2.24, 2.45) is 0 Å². The summed E-state index contributed by atoms with van der Waals surface area (Å²) in [6.45, 7) is 5.13. The third kappa shape index (κ3) is 2.77. The maximum absolute atomic E-state index is 12.1. The highest BCUT2D eigenvalue weighted by Crippen LogP contribution is 2.30. The monoisotopic (exact) mass is 245 g/mol. The molecule has 1 amide bonds. The number of fused-ring (bicyclic) bond motifs is 1. The second-order valence-electron chi connectivity index (χ2n) is 5.33. The van der Waals surface area contributed by atoms with Crippen molar-refractivity contribution >= 4 is 5.91 Å². The molecule has 0 aromatic carbocycles. The molecule has 0 N–H and O–H groups in total. The van der Waals surface area contributed by atoms with Crippen LogP contribution in [0.1, 0.15) is 26.7 Å². The average molecular weight is 245 g/mol. The molecule has 2 heterocycles. The second-order valence-corrected chi connectivity index (χ2v) is 5.33. The molecule has 0 aliphatic carbocycles. The summed E-state index contributed by atoms with van der Waals surface area (Å²) in [6.07, 6.45) is 0.540. The number of carbonyl (C=O) groups is 1. The van der Waals surface area contributed by atoms with Crippen LogP contribution in [0.5, 0.6) is 0 Å². The van der Waals surface area contributed by atoms with Crippen LogP contribution in [0.25, 0.3) is 0 Å². The molecule has 2 aliphatic rings. The van der Waals surface area contributed by atoms with Gasteiger partial charge in [0.1, 0.15) is 6.10 Å². The van der Waals surface area contributed by atoms with E-state index in [4.69, 9.17) is 9.47 Å². The van der Waals surface area contributed by atoms with Crippen molar-refractivity contribution in [3.05, 3.63) is 0 Å². The molecule has 0 radical (unpaired) electrons. The molecular formula is C12H20FNO3. The molecule has 2 rings (SSSR count). The zero-order valence-electron chi connectivity index (χ0n) is 10.4. The minimum Gasteiger partial charge on any atom is -0.376 e. The summed E-state index contributed by atoms with van der Waals surface area (Å²) in [6, 6.07) is 0.00939. The fourth-order valence-electron chi connectivity index (χ4n) is 2.54. The third-order valence-corrected chi connectivity index (χ3v) is 3.27. The topological polar surface area (TPSA) is 38.8 Å². The van der Waals surface area contributed by atoms with E-state index in [9.17, 15) is 9.18 Å². The van der Waals surface area contributed by atoms with Gasteiger partial charge in [-0.15, -0.1) is 0 Å². The lowest BCUT2D eigenvalue weighted by molar-refractivity contribution is -0.169. The molecule has 0 bridgehead atoms. The van der Waals surface area contributed by atoms with Gasteiger partial charge in [0.25, 0.3) is 0 Å². The van der Waals surface area contributed by atoms with Crippen molar-refractivity contribution in [1.29, 1.82) is 0 Å². The Kier molecular flexibility index (Phi) is 3.68. The van der Waals surface area contributed by atoms with Gasteiger partial charge in [0.05, 0.1) is 31.5 Å². The van der Waals surface area contributed by atoms with Crippen molar-refractivity contribution in [3.63, 3.8) is 0 Å². The molecule has 0 aromatic heterocycles. The highest BCUT2D eigenvalue weighted by atomic mass is 19.1. The largest absolute Gasteiger partial charge is 0.376 e. The van der Waals surface area contributed by atoms with E-state index in [0.29, 0.717) is 26.2 Å². The van der Waals surface area contributed by atoms with Gasteiger partial charge in [-0.2, -0.15) is 0 Å². The van der Waals surface area contributed by atoms with Crippen molar-refractivity contribution < 1.29 is 18.7 Å². The Labute approximate surface area is 101 Å². The van der Waals surface area contributed by atoms with Crippen LogP contribution in [0, 0.1) is 0 Å². The third-order valence-electron chi connectivity index (χ3n) is 3.27. The SMILES string of the molecule is CC1(C)CN(C(=O)CCCF)[C@@H]2COC[C@H]2O1. The smallest absolute Gasteiger partial charge is 0.223 e. The molecule has 0 unspecified atom stereocenters. The van der Waals surface area contributed by atoms with Crippen LogP contribution in [-0.4, -0.2) is 55.0 Å². The molecule has 0 aromatic rings. The van der Waals surface area contributed by atoms with Crippen molar-refractivity contribution in [2.45, 2.75) is 44.4 Å². The standard InChI is InChI=1S/C12H20FNO3/c1-12(2)8-14(11(15)4-3-5-13)9-6-16-7-10(9)17-12/h9-10H,3-8H2,1-2H3/t9-,10-/m1/s1. The molecule has 5 heteroatoms. The zero-order chi connectivity index (χ0) is 12.5.